The van der Waals surface area contributed by atoms with Crippen molar-refractivity contribution in [3.8, 4) is 0 Å². The van der Waals surface area contributed by atoms with Crippen LogP contribution in [-0.2, 0) is 0 Å². The van der Waals surface area contributed by atoms with E-state index in [0.29, 0.717) is 0 Å². The van der Waals surface area contributed by atoms with Gasteiger partial charge in [0.15, 0.2) is 0 Å². The molecule has 0 spiro atoms. The minimum atomic E-state index is 1.32. The van der Waals surface area contributed by atoms with Gasteiger partial charge in [0, 0.05) is 0 Å². The van der Waals surface area contributed by atoms with Crippen molar-refractivity contribution in [1.82, 2.24) is 0 Å². The third kappa shape index (κ3) is 5.74. The van der Waals surface area contributed by atoms with Crippen LogP contribution in [0.3, 0.4) is 0 Å². The average Bonchev–Trinajstić information content (AvgIpc) is 2.19. The third-order valence-electron chi connectivity index (χ3n) is 3.01. The second-order valence-corrected chi connectivity index (χ2v) is 5.17. The maximum Gasteiger partial charge on any atom is -0.0140 e. The van der Waals surface area contributed by atoms with E-state index in [9.17, 15) is 0 Å². The highest BCUT2D eigenvalue weighted by molar-refractivity contribution is 8.02. The van der Waals surface area contributed by atoms with Gasteiger partial charge < -0.3 is 0 Å². The first-order valence-electron chi connectivity index (χ1n) is 6.16. The van der Waals surface area contributed by atoms with E-state index in [1.54, 1.807) is 4.91 Å². The molecule has 0 amide bonds. The van der Waals surface area contributed by atoms with Crippen molar-refractivity contribution in [3.05, 3.63) is 11.0 Å². The summed E-state index contributed by atoms with van der Waals surface area (Å²) >= 11 is 1.96. The van der Waals surface area contributed by atoms with Crippen LogP contribution in [0.1, 0.15) is 64.2 Å². The van der Waals surface area contributed by atoms with E-state index in [1.165, 1.54) is 64.2 Å². The molecule has 0 N–H and O–H groups in total. The van der Waals surface area contributed by atoms with Gasteiger partial charge in [-0.2, -0.15) is 0 Å². The predicted octanol–water partition coefficient (Wildman–Crippen LogP) is 5.15. The van der Waals surface area contributed by atoms with Crippen LogP contribution >= 0.6 is 11.8 Å². The molecule has 0 aromatic carbocycles. The summed E-state index contributed by atoms with van der Waals surface area (Å²) < 4.78 is 0. The molecule has 0 saturated heterocycles. The van der Waals surface area contributed by atoms with Gasteiger partial charge in [-0.1, -0.05) is 44.6 Å². The van der Waals surface area contributed by atoms with E-state index < -0.39 is 0 Å². The second kappa shape index (κ2) is 8.40. The molecule has 0 aromatic rings. The first-order chi connectivity index (χ1) is 6.93. The van der Waals surface area contributed by atoms with Gasteiger partial charge in [-0.05, 0) is 36.8 Å². The normalized spacial score (nSPS) is 25.6. The Bertz CT molecular complexity index is 161. The van der Waals surface area contributed by atoms with Gasteiger partial charge in [-0.25, -0.2) is 0 Å². The summed E-state index contributed by atoms with van der Waals surface area (Å²) in [5, 5.41) is 0. The predicted molar refractivity (Wildman–Crippen MR) is 67.8 cm³/mol. The molecule has 1 rings (SSSR count). The molecule has 82 valence electrons. The van der Waals surface area contributed by atoms with Gasteiger partial charge in [0.2, 0.25) is 0 Å². The van der Waals surface area contributed by atoms with E-state index in [1.807, 2.05) is 11.8 Å². The van der Waals surface area contributed by atoms with Gasteiger partial charge in [0.1, 0.15) is 0 Å². The van der Waals surface area contributed by atoms with Gasteiger partial charge in [-0.3, -0.25) is 0 Å². The molecule has 0 aromatic heterocycles. The number of hydrogen-bond donors (Lipinski definition) is 0. The van der Waals surface area contributed by atoms with Gasteiger partial charge in [0.25, 0.3) is 0 Å². The van der Waals surface area contributed by atoms with Crippen molar-refractivity contribution in [2.24, 2.45) is 0 Å². The average molecular weight is 212 g/mol. The summed E-state index contributed by atoms with van der Waals surface area (Å²) in [6, 6.07) is 0. The molecular formula is C13H24S. The Kier molecular flexibility index (Phi) is 7.30. The zero-order chi connectivity index (χ0) is 10.1. The maximum absolute atomic E-state index is 2.48. The van der Waals surface area contributed by atoms with E-state index in [-0.39, 0.29) is 0 Å². The van der Waals surface area contributed by atoms with Crippen LogP contribution in [0.4, 0.5) is 0 Å². The minimum Gasteiger partial charge on any atom is -0.134 e. The van der Waals surface area contributed by atoms with Crippen LogP contribution in [0.15, 0.2) is 11.0 Å². The molecule has 0 radical (unpaired) electrons. The second-order valence-electron chi connectivity index (χ2n) is 4.24. The third-order valence-corrected chi connectivity index (χ3v) is 3.91. The first-order valence-corrected chi connectivity index (χ1v) is 7.39. The molecule has 1 heteroatoms. The molecule has 1 aliphatic rings. The highest BCUT2D eigenvalue weighted by atomic mass is 32.2. The SMILES string of the molecule is CS/C1=C/CCCCCCCCCC1. The van der Waals surface area contributed by atoms with Crippen molar-refractivity contribution in [2.45, 2.75) is 64.2 Å². The van der Waals surface area contributed by atoms with Crippen molar-refractivity contribution in [3.63, 3.8) is 0 Å². The van der Waals surface area contributed by atoms with Crippen LogP contribution in [0.2, 0.25) is 0 Å². The largest absolute Gasteiger partial charge is 0.134 e. The topological polar surface area (TPSA) is 0 Å². The number of allylic oxidation sites excluding steroid dienone is 2. The van der Waals surface area contributed by atoms with Crippen LogP contribution in [0.25, 0.3) is 0 Å². The molecule has 0 fully saturated rings. The lowest BCUT2D eigenvalue weighted by molar-refractivity contribution is 0.565. The van der Waals surface area contributed by atoms with Crippen molar-refractivity contribution < 1.29 is 0 Å². The Balaban J connectivity index is 2.29. The lowest BCUT2D eigenvalue weighted by atomic mass is 10.0. The quantitative estimate of drug-likeness (QED) is 0.579. The highest BCUT2D eigenvalue weighted by Crippen LogP contribution is 2.22. The van der Waals surface area contributed by atoms with Gasteiger partial charge in [0.05, 0.1) is 0 Å². The lowest BCUT2D eigenvalue weighted by Gasteiger charge is -2.07. The summed E-state index contributed by atoms with van der Waals surface area (Å²) in [5.74, 6) is 0. The summed E-state index contributed by atoms with van der Waals surface area (Å²) in [5.41, 5.74) is 0. The Labute approximate surface area is 93.5 Å². The van der Waals surface area contributed by atoms with Gasteiger partial charge in [-0.15, -0.1) is 11.8 Å². The molecule has 0 aliphatic heterocycles. The molecule has 0 saturated carbocycles. The Hall–Kier alpha value is 0.0900. The standard InChI is InChI=1S/C13H24S/c1-14-13-11-9-7-5-3-2-4-6-8-10-12-13/h11H,2-10,12H2,1H3/b13-11+. The number of rotatable bonds is 1. The summed E-state index contributed by atoms with van der Waals surface area (Å²) in [4.78, 5) is 1.63. The Morgan fingerprint density at radius 1 is 0.857 bits per heavy atom. The molecule has 0 nitrogen and oxygen atoms in total. The van der Waals surface area contributed by atoms with Crippen molar-refractivity contribution >= 4 is 11.8 Å². The Morgan fingerprint density at radius 3 is 2.07 bits per heavy atom. The molecule has 1 aliphatic carbocycles. The van der Waals surface area contributed by atoms with E-state index in [2.05, 4.69) is 12.3 Å². The van der Waals surface area contributed by atoms with Crippen LogP contribution < -0.4 is 0 Å². The van der Waals surface area contributed by atoms with Crippen molar-refractivity contribution in [1.29, 1.82) is 0 Å². The Morgan fingerprint density at radius 2 is 1.43 bits per heavy atom. The van der Waals surface area contributed by atoms with Crippen LogP contribution in [-0.4, -0.2) is 6.26 Å². The fraction of sp³-hybridized carbons (Fsp3) is 0.846. The maximum atomic E-state index is 2.48. The summed E-state index contributed by atoms with van der Waals surface area (Å²) in [7, 11) is 0. The molecule has 0 atom stereocenters. The molecular weight excluding hydrogens is 188 g/mol. The molecule has 0 unspecified atom stereocenters. The number of hydrogen-bond acceptors (Lipinski definition) is 1. The van der Waals surface area contributed by atoms with Crippen LogP contribution in [0.5, 0.6) is 0 Å². The van der Waals surface area contributed by atoms with Gasteiger partial charge >= 0.3 is 0 Å². The smallest absolute Gasteiger partial charge is 0.0140 e. The summed E-state index contributed by atoms with van der Waals surface area (Å²) in [6.45, 7) is 0. The fourth-order valence-electron chi connectivity index (χ4n) is 2.05. The van der Waals surface area contributed by atoms with E-state index >= 15 is 0 Å². The zero-order valence-corrected chi connectivity index (χ0v) is 10.4. The first kappa shape index (κ1) is 12.2. The van der Waals surface area contributed by atoms with E-state index in [0.717, 1.165) is 0 Å². The minimum absolute atomic E-state index is 1.32. The summed E-state index contributed by atoms with van der Waals surface area (Å²) in [6.07, 6.45) is 18.9. The molecule has 0 heterocycles. The monoisotopic (exact) mass is 212 g/mol. The lowest BCUT2D eigenvalue weighted by Crippen LogP contribution is -1.86. The van der Waals surface area contributed by atoms with Crippen LogP contribution in [0, 0.1) is 0 Å². The molecule has 14 heavy (non-hydrogen) atoms. The highest BCUT2D eigenvalue weighted by Gasteiger charge is 1.98. The van der Waals surface area contributed by atoms with Crippen molar-refractivity contribution in [2.75, 3.05) is 6.26 Å². The number of thioether (sulfide) groups is 1. The zero-order valence-electron chi connectivity index (χ0n) is 9.56. The molecule has 0 bridgehead atoms. The van der Waals surface area contributed by atoms with E-state index in [4.69, 9.17) is 0 Å². The fourth-order valence-corrected chi connectivity index (χ4v) is 2.69.